The molecule has 0 atom stereocenters. The predicted octanol–water partition coefficient (Wildman–Crippen LogP) is 2.68. The van der Waals surface area contributed by atoms with E-state index < -0.39 is 0 Å². The standard InChI is InChI=1S/C20H22N2O3/c1-25-18-11-5-3-8-16(18)14-21-19(23)13-20(24)22-12-6-9-15-7-2-4-10-17(15)22/h2-5,7-8,10-11H,6,9,12-14H2,1H3,(H,21,23). The second-order valence-electron chi connectivity index (χ2n) is 6.04. The Labute approximate surface area is 147 Å². The van der Waals surface area contributed by atoms with Gasteiger partial charge in [-0.05, 0) is 30.5 Å². The summed E-state index contributed by atoms with van der Waals surface area (Å²) in [6.07, 6.45) is 1.75. The summed E-state index contributed by atoms with van der Waals surface area (Å²) in [6, 6.07) is 15.4. The largest absolute Gasteiger partial charge is 0.496 e. The maximum atomic E-state index is 12.5. The van der Waals surface area contributed by atoms with Gasteiger partial charge in [-0.25, -0.2) is 0 Å². The van der Waals surface area contributed by atoms with Crippen molar-refractivity contribution in [3.05, 3.63) is 59.7 Å². The molecule has 3 rings (SSSR count). The third-order valence-corrected chi connectivity index (χ3v) is 4.39. The number of ether oxygens (including phenoxy) is 1. The van der Waals surface area contributed by atoms with Crippen molar-refractivity contribution in [3.8, 4) is 5.75 Å². The van der Waals surface area contributed by atoms with E-state index in [0.29, 0.717) is 13.1 Å². The van der Waals surface area contributed by atoms with Crippen molar-refractivity contribution in [1.82, 2.24) is 5.32 Å². The van der Waals surface area contributed by atoms with Crippen LogP contribution in [0, 0.1) is 0 Å². The van der Waals surface area contributed by atoms with Gasteiger partial charge in [0.2, 0.25) is 11.8 Å². The first-order valence-electron chi connectivity index (χ1n) is 8.46. The average Bonchev–Trinajstić information content (AvgIpc) is 2.66. The number of methoxy groups -OCH3 is 1. The number of hydrogen-bond acceptors (Lipinski definition) is 3. The molecule has 0 spiro atoms. The first-order chi connectivity index (χ1) is 12.2. The molecule has 0 aliphatic carbocycles. The molecular weight excluding hydrogens is 316 g/mol. The summed E-state index contributed by atoms with van der Waals surface area (Å²) in [5.41, 5.74) is 2.97. The molecule has 0 saturated heterocycles. The average molecular weight is 338 g/mol. The zero-order valence-electron chi connectivity index (χ0n) is 14.3. The Bertz CT molecular complexity index is 773. The van der Waals surface area contributed by atoms with Gasteiger partial charge in [0.25, 0.3) is 0 Å². The normalized spacial score (nSPS) is 13.1. The highest BCUT2D eigenvalue weighted by atomic mass is 16.5. The molecule has 1 heterocycles. The van der Waals surface area contributed by atoms with Gasteiger partial charge < -0.3 is 15.0 Å². The number of rotatable bonds is 5. The number of carbonyl (C=O) groups is 2. The van der Waals surface area contributed by atoms with Crippen molar-refractivity contribution in [1.29, 1.82) is 0 Å². The molecule has 0 fully saturated rings. The van der Waals surface area contributed by atoms with Gasteiger partial charge >= 0.3 is 0 Å². The van der Waals surface area contributed by atoms with Crippen molar-refractivity contribution in [2.24, 2.45) is 0 Å². The SMILES string of the molecule is COc1ccccc1CNC(=O)CC(=O)N1CCCc2ccccc21. The Balaban J connectivity index is 1.59. The van der Waals surface area contributed by atoms with E-state index in [0.717, 1.165) is 35.4 Å². The maximum Gasteiger partial charge on any atom is 0.236 e. The molecular formula is C20H22N2O3. The van der Waals surface area contributed by atoms with Crippen LogP contribution in [0.5, 0.6) is 5.75 Å². The zero-order valence-corrected chi connectivity index (χ0v) is 14.3. The van der Waals surface area contributed by atoms with E-state index in [-0.39, 0.29) is 18.2 Å². The number of amides is 2. The van der Waals surface area contributed by atoms with Crippen LogP contribution in [0.15, 0.2) is 48.5 Å². The third-order valence-electron chi connectivity index (χ3n) is 4.39. The summed E-state index contributed by atoms with van der Waals surface area (Å²) in [5, 5.41) is 2.80. The van der Waals surface area contributed by atoms with Crippen LogP contribution in [0.25, 0.3) is 0 Å². The summed E-state index contributed by atoms with van der Waals surface area (Å²) >= 11 is 0. The lowest BCUT2D eigenvalue weighted by molar-refractivity contribution is -0.128. The number of hydrogen-bond donors (Lipinski definition) is 1. The van der Waals surface area contributed by atoms with E-state index in [9.17, 15) is 9.59 Å². The summed E-state index contributed by atoms with van der Waals surface area (Å²) < 4.78 is 5.27. The molecule has 0 unspecified atom stereocenters. The Morgan fingerprint density at radius 1 is 1.12 bits per heavy atom. The first kappa shape index (κ1) is 17.0. The number of para-hydroxylation sites is 2. The predicted molar refractivity (Wildman–Crippen MR) is 96.6 cm³/mol. The van der Waals surface area contributed by atoms with Crippen molar-refractivity contribution < 1.29 is 14.3 Å². The van der Waals surface area contributed by atoms with Gasteiger partial charge in [0, 0.05) is 24.3 Å². The van der Waals surface area contributed by atoms with Crippen molar-refractivity contribution in [3.63, 3.8) is 0 Å². The number of anilines is 1. The molecule has 0 radical (unpaired) electrons. The van der Waals surface area contributed by atoms with Crippen LogP contribution in [-0.4, -0.2) is 25.5 Å². The Kier molecular flexibility index (Phi) is 5.33. The number of benzene rings is 2. The second kappa shape index (κ2) is 7.83. The van der Waals surface area contributed by atoms with Crippen molar-refractivity contribution in [2.75, 3.05) is 18.6 Å². The van der Waals surface area contributed by atoms with Crippen LogP contribution in [0.3, 0.4) is 0 Å². The number of carbonyl (C=O) groups excluding carboxylic acids is 2. The highest BCUT2D eigenvalue weighted by Crippen LogP contribution is 2.27. The zero-order chi connectivity index (χ0) is 17.6. The van der Waals surface area contributed by atoms with Crippen LogP contribution in [0.2, 0.25) is 0 Å². The molecule has 0 bridgehead atoms. The molecule has 2 amide bonds. The van der Waals surface area contributed by atoms with Gasteiger partial charge in [0.15, 0.2) is 0 Å². The van der Waals surface area contributed by atoms with E-state index in [2.05, 4.69) is 5.32 Å². The molecule has 130 valence electrons. The Hall–Kier alpha value is -2.82. The van der Waals surface area contributed by atoms with Gasteiger partial charge in [0.05, 0.1) is 7.11 Å². The Morgan fingerprint density at radius 3 is 2.72 bits per heavy atom. The summed E-state index contributed by atoms with van der Waals surface area (Å²) in [6.45, 7) is 1.00. The number of nitrogens with one attached hydrogen (secondary N) is 1. The molecule has 5 heteroatoms. The van der Waals surface area contributed by atoms with Crippen LogP contribution in [0.4, 0.5) is 5.69 Å². The minimum absolute atomic E-state index is 0.149. The summed E-state index contributed by atoms with van der Waals surface area (Å²) in [4.78, 5) is 26.5. The molecule has 5 nitrogen and oxygen atoms in total. The molecule has 2 aromatic rings. The topological polar surface area (TPSA) is 58.6 Å². The minimum Gasteiger partial charge on any atom is -0.496 e. The van der Waals surface area contributed by atoms with Crippen LogP contribution in [-0.2, 0) is 22.6 Å². The van der Waals surface area contributed by atoms with Crippen molar-refractivity contribution >= 4 is 17.5 Å². The highest BCUT2D eigenvalue weighted by molar-refractivity contribution is 6.05. The van der Waals surface area contributed by atoms with E-state index in [4.69, 9.17) is 4.74 Å². The maximum absolute atomic E-state index is 12.5. The van der Waals surface area contributed by atoms with Crippen LogP contribution in [0.1, 0.15) is 24.0 Å². The highest BCUT2D eigenvalue weighted by Gasteiger charge is 2.23. The fourth-order valence-electron chi connectivity index (χ4n) is 3.13. The number of aryl methyl sites for hydroxylation is 1. The van der Waals surface area contributed by atoms with E-state index in [1.165, 1.54) is 0 Å². The lowest BCUT2D eigenvalue weighted by Gasteiger charge is -2.29. The van der Waals surface area contributed by atoms with E-state index >= 15 is 0 Å². The molecule has 1 aliphatic rings. The van der Waals surface area contributed by atoms with Crippen molar-refractivity contribution in [2.45, 2.75) is 25.8 Å². The molecule has 25 heavy (non-hydrogen) atoms. The van der Waals surface area contributed by atoms with Gasteiger partial charge in [-0.2, -0.15) is 0 Å². The van der Waals surface area contributed by atoms with Crippen LogP contribution >= 0.6 is 0 Å². The van der Waals surface area contributed by atoms with E-state index in [1.807, 2.05) is 48.5 Å². The quantitative estimate of drug-likeness (QED) is 0.853. The summed E-state index contributed by atoms with van der Waals surface area (Å²) in [5.74, 6) is 0.280. The summed E-state index contributed by atoms with van der Waals surface area (Å²) in [7, 11) is 1.60. The van der Waals surface area contributed by atoms with E-state index in [1.54, 1.807) is 12.0 Å². The number of fused-ring (bicyclic) bond motifs is 1. The van der Waals surface area contributed by atoms with Gasteiger partial charge in [-0.1, -0.05) is 36.4 Å². The first-order valence-corrected chi connectivity index (χ1v) is 8.46. The lowest BCUT2D eigenvalue weighted by Crippen LogP contribution is -2.38. The monoisotopic (exact) mass is 338 g/mol. The Morgan fingerprint density at radius 2 is 1.88 bits per heavy atom. The van der Waals surface area contributed by atoms with Gasteiger partial charge in [-0.3, -0.25) is 9.59 Å². The van der Waals surface area contributed by atoms with Crippen LogP contribution < -0.4 is 15.0 Å². The molecule has 1 N–H and O–H groups in total. The minimum atomic E-state index is -0.279. The smallest absolute Gasteiger partial charge is 0.236 e. The molecule has 0 saturated carbocycles. The second-order valence-corrected chi connectivity index (χ2v) is 6.04. The molecule has 1 aliphatic heterocycles. The van der Waals surface area contributed by atoms with Gasteiger partial charge in [0.1, 0.15) is 12.2 Å². The molecule has 2 aromatic carbocycles. The fourth-order valence-corrected chi connectivity index (χ4v) is 3.13. The third kappa shape index (κ3) is 3.99. The van der Waals surface area contributed by atoms with Gasteiger partial charge in [-0.15, -0.1) is 0 Å². The lowest BCUT2D eigenvalue weighted by atomic mass is 10.0. The number of nitrogens with zero attached hydrogens (tertiary/aromatic N) is 1. The fraction of sp³-hybridized carbons (Fsp3) is 0.300. The molecule has 0 aromatic heterocycles.